The number of anilines is 3. The van der Waals surface area contributed by atoms with Crippen molar-refractivity contribution in [3.05, 3.63) is 188 Å². The Hall–Kier alpha value is -6.40. The van der Waals surface area contributed by atoms with E-state index in [9.17, 15) is 0 Å². The second-order valence-electron chi connectivity index (χ2n) is 13.0. The number of rotatable bonds is 7. The molecular formula is C48H31N3S2. The maximum absolute atomic E-state index is 5.01. The first-order chi connectivity index (χ1) is 26.2. The third-order valence-electron chi connectivity index (χ3n) is 9.75. The summed E-state index contributed by atoms with van der Waals surface area (Å²) in [5, 5.41) is 4.48. The van der Waals surface area contributed by atoms with E-state index in [4.69, 9.17) is 9.97 Å². The summed E-state index contributed by atoms with van der Waals surface area (Å²) in [5.74, 6) is 0. The third kappa shape index (κ3) is 5.86. The van der Waals surface area contributed by atoms with Crippen LogP contribution in [0, 0.1) is 0 Å². The molecule has 0 amide bonds. The van der Waals surface area contributed by atoms with Crippen molar-refractivity contribution in [1.82, 2.24) is 9.97 Å². The fourth-order valence-electron chi connectivity index (χ4n) is 7.14. The molecule has 8 aromatic carbocycles. The summed E-state index contributed by atoms with van der Waals surface area (Å²) in [6.45, 7) is 0. The normalized spacial score (nSPS) is 11.4. The summed E-state index contributed by atoms with van der Waals surface area (Å²) in [6, 6.07) is 67.0. The smallest absolute Gasteiger partial charge is 0.124 e. The maximum atomic E-state index is 5.01. The van der Waals surface area contributed by atoms with E-state index in [2.05, 4.69) is 181 Å². The molecule has 10 aromatic rings. The molecule has 0 bridgehead atoms. The first kappa shape index (κ1) is 31.3. The van der Waals surface area contributed by atoms with Gasteiger partial charge in [-0.15, -0.1) is 22.7 Å². The number of nitrogens with zero attached hydrogens (tertiary/aromatic N) is 3. The molecule has 0 saturated carbocycles. The Balaban J connectivity index is 1.09. The second kappa shape index (κ2) is 13.3. The van der Waals surface area contributed by atoms with Crippen LogP contribution in [0.4, 0.5) is 17.1 Å². The lowest BCUT2D eigenvalue weighted by molar-refractivity contribution is 1.30. The summed E-state index contributed by atoms with van der Waals surface area (Å²) in [5.41, 5.74) is 12.4. The quantitative estimate of drug-likeness (QED) is 0.165. The molecule has 3 nitrogen and oxygen atoms in total. The van der Waals surface area contributed by atoms with Crippen molar-refractivity contribution in [3.8, 4) is 43.4 Å². The third-order valence-corrected chi connectivity index (χ3v) is 11.9. The Kier molecular flexibility index (Phi) is 7.86. The van der Waals surface area contributed by atoms with Crippen molar-refractivity contribution in [2.75, 3.05) is 4.90 Å². The van der Waals surface area contributed by atoms with Crippen LogP contribution in [0.2, 0.25) is 0 Å². The Labute approximate surface area is 315 Å². The zero-order valence-corrected chi connectivity index (χ0v) is 30.2. The van der Waals surface area contributed by atoms with Crippen LogP contribution in [0.1, 0.15) is 0 Å². The molecule has 0 N–H and O–H groups in total. The van der Waals surface area contributed by atoms with Crippen LogP contribution in [-0.2, 0) is 0 Å². The van der Waals surface area contributed by atoms with Gasteiger partial charge in [-0.05, 0) is 76.2 Å². The number of aromatic nitrogens is 2. The first-order valence-electron chi connectivity index (χ1n) is 17.6. The molecule has 2 aromatic heterocycles. The minimum atomic E-state index is 1.01. The van der Waals surface area contributed by atoms with Crippen LogP contribution in [0.25, 0.3) is 74.6 Å². The van der Waals surface area contributed by atoms with E-state index in [1.165, 1.54) is 37.7 Å². The Morgan fingerprint density at radius 2 is 0.868 bits per heavy atom. The molecule has 250 valence electrons. The highest BCUT2D eigenvalue weighted by Crippen LogP contribution is 2.44. The summed E-state index contributed by atoms with van der Waals surface area (Å²) >= 11 is 3.47. The van der Waals surface area contributed by atoms with Crippen LogP contribution in [0.15, 0.2) is 188 Å². The molecule has 0 spiro atoms. The molecule has 53 heavy (non-hydrogen) atoms. The lowest BCUT2D eigenvalue weighted by Crippen LogP contribution is -2.10. The predicted octanol–water partition coefficient (Wildman–Crippen LogP) is 14.2. The Bertz CT molecular complexity index is 2880. The number of hydrogen-bond acceptors (Lipinski definition) is 5. The molecule has 5 heteroatoms. The SMILES string of the molecule is c1ccc(-c2nc3ccc(-c4ccc(N(c5ccc6nc(-c7ccccc7)sc6c5)c5ccc(-c6ccccc6)c6ccccc56)cc4)cc3s2)cc1. The largest absolute Gasteiger partial charge is 0.310 e. The van der Waals surface area contributed by atoms with E-state index in [0.29, 0.717) is 0 Å². The van der Waals surface area contributed by atoms with Gasteiger partial charge in [0.05, 0.1) is 26.1 Å². The van der Waals surface area contributed by atoms with Crippen LogP contribution in [-0.4, -0.2) is 9.97 Å². The minimum Gasteiger partial charge on any atom is -0.310 e. The van der Waals surface area contributed by atoms with Gasteiger partial charge >= 0.3 is 0 Å². The molecule has 0 aliphatic carbocycles. The molecular weight excluding hydrogens is 683 g/mol. The zero-order valence-electron chi connectivity index (χ0n) is 28.6. The minimum absolute atomic E-state index is 1.01. The average molecular weight is 714 g/mol. The molecule has 0 aliphatic rings. The van der Waals surface area contributed by atoms with Gasteiger partial charge in [-0.1, -0.05) is 140 Å². The van der Waals surface area contributed by atoms with Crippen molar-refractivity contribution >= 4 is 70.9 Å². The van der Waals surface area contributed by atoms with Crippen molar-refractivity contribution in [1.29, 1.82) is 0 Å². The molecule has 0 unspecified atom stereocenters. The molecule has 2 heterocycles. The van der Waals surface area contributed by atoms with Gasteiger partial charge in [-0.25, -0.2) is 9.97 Å². The highest BCUT2D eigenvalue weighted by atomic mass is 32.1. The molecule has 10 rings (SSSR count). The van der Waals surface area contributed by atoms with Gasteiger partial charge in [-0.3, -0.25) is 0 Å². The summed E-state index contributed by atoms with van der Waals surface area (Å²) < 4.78 is 2.34. The van der Waals surface area contributed by atoms with E-state index in [-0.39, 0.29) is 0 Å². The summed E-state index contributed by atoms with van der Waals surface area (Å²) in [6.07, 6.45) is 0. The van der Waals surface area contributed by atoms with E-state index in [1.807, 2.05) is 12.1 Å². The second-order valence-corrected chi connectivity index (χ2v) is 15.1. The molecule has 0 fully saturated rings. The molecule has 0 aliphatic heterocycles. The molecule has 0 radical (unpaired) electrons. The van der Waals surface area contributed by atoms with Gasteiger partial charge < -0.3 is 4.90 Å². The van der Waals surface area contributed by atoms with Gasteiger partial charge in [0.2, 0.25) is 0 Å². The summed E-state index contributed by atoms with van der Waals surface area (Å²) in [4.78, 5) is 12.3. The molecule has 0 atom stereocenters. The van der Waals surface area contributed by atoms with Crippen LogP contribution < -0.4 is 4.90 Å². The van der Waals surface area contributed by atoms with Crippen LogP contribution >= 0.6 is 22.7 Å². The van der Waals surface area contributed by atoms with E-state index in [0.717, 1.165) is 53.9 Å². The van der Waals surface area contributed by atoms with Crippen LogP contribution in [0.3, 0.4) is 0 Å². The van der Waals surface area contributed by atoms with Crippen molar-refractivity contribution < 1.29 is 0 Å². The van der Waals surface area contributed by atoms with Gasteiger partial charge in [0.15, 0.2) is 0 Å². The fraction of sp³-hybridized carbons (Fsp3) is 0. The lowest BCUT2D eigenvalue weighted by atomic mass is 9.96. The van der Waals surface area contributed by atoms with Crippen molar-refractivity contribution in [2.24, 2.45) is 0 Å². The van der Waals surface area contributed by atoms with E-state index < -0.39 is 0 Å². The first-order valence-corrected chi connectivity index (χ1v) is 19.3. The highest BCUT2D eigenvalue weighted by Gasteiger charge is 2.19. The van der Waals surface area contributed by atoms with E-state index in [1.54, 1.807) is 22.7 Å². The van der Waals surface area contributed by atoms with Gasteiger partial charge in [0, 0.05) is 27.9 Å². The fourth-order valence-corrected chi connectivity index (χ4v) is 9.16. The van der Waals surface area contributed by atoms with Gasteiger partial charge in [-0.2, -0.15) is 0 Å². The Morgan fingerprint density at radius 3 is 1.51 bits per heavy atom. The van der Waals surface area contributed by atoms with Crippen LogP contribution in [0.5, 0.6) is 0 Å². The number of hydrogen-bond donors (Lipinski definition) is 0. The number of fused-ring (bicyclic) bond motifs is 3. The topological polar surface area (TPSA) is 29.0 Å². The molecule has 0 saturated heterocycles. The number of benzene rings is 8. The Morgan fingerprint density at radius 1 is 0.358 bits per heavy atom. The van der Waals surface area contributed by atoms with Gasteiger partial charge in [0.1, 0.15) is 10.0 Å². The lowest BCUT2D eigenvalue weighted by Gasteiger charge is -2.27. The number of thiazole rings is 2. The monoisotopic (exact) mass is 713 g/mol. The van der Waals surface area contributed by atoms with Crippen molar-refractivity contribution in [2.45, 2.75) is 0 Å². The average Bonchev–Trinajstić information content (AvgIpc) is 3.87. The standard InChI is InChI=1S/C48H31N3S2/c1-4-12-33(13-5-1)39-26-29-44(41-19-11-10-18-40(39)41)51(38-25-28-43-46(31-38)53-48(50-43)35-16-8-3-9-17-35)37-23-20-32(21-24-37)36-22-27-42-45(30-36)52-47(49-42)34-14-6-2-7-15-34/h1-31H. The highest BCUT2D eigenvalue weighted by molar-refractivity contribution is 7.22. The zero-order chi connectivity index (χ0) is 35.1. The van der Waals surface area contributed by atoms with Gasteiger partial charge in [0.25, 0.3) is 0 Å². The predicted molar refractivity (Wildman–Crippen MR) is 227 cm³/mol. The maximum Gasteiger partial charge on any atom is 0.124 e. The summed E-state index contributed by atoms with van der Waals surface area (Å²) in [7, 11) is 0. The van der Waals surface area contributed by atoms with Crippen molar-refractivity contribution in [3.63, 3.8) is 0 Å². The van der Waals surface area contributed by atoms with E-state index >= 15 is 0 Å².